The van der Waals surface area contributed by atoms with E-state index in [2.05, 4.69) is 14.9 Å². The Bertz CT molecular complexity index is 390. The van der Waals surface area contributed by atoms with Gasteiger partial charge in [-0.1, -0.05) is 13.8 Å². The molecule has 19 heavy (non-hydrogen) atoms. The molecule has 0 aromatic carbocycles. The molecule has 0 spiro atoms. The Morgan fingerprint density at radius 2 is 1.89 bits per heavy atom. The normalized spacial score (nSPS) is 12.4. The molecule has 0 aliphatic heterocycles. The lowest BCUT2D eigenvalue weighted by molar-refractivity contribution is -0.173. The van der Waals surface area contributed by atoms with Crippen molar-refractivity contribution in [3.63, 3.8) is 0 Å². The highest BCUT2D eigenvalue weighted by molar-refractivity contribution is 4.96. The lowest BCUT2D eigenvalue weighted by atomic mass is 10.2. The molecule has 1 rings (SSSR count). The number of ether oxygens (including phenoxy) is 1. The third kappa shape index (κ3) is 5.56. The maximum absolute atomic E-state index is 11.9. The summed E-state index contributed by atoms with van der Waals surface area (Å²) in [7, 11) is 0. The Morgan fingerprint density at radius 1 is 1.26 bits per heavy atom. The van der Waals surface area contributed by atoms with Gasteiger partial charge in [0.05, 0.1) is 13.2 Å². The monoisotopic (exact) mass is 280 g/mol. The molecular weight excluding hydrogens is 261 g/mol. The molecule has 0 atom stereocenters. The first-order valence-corrected chi connectivity index (χ1v) is 6.09. The minimum atomic E-state index is -4.30. The highest BCUT2D eigenvalue weighted by atomic mass is 19.4. The maximum atomic E-state index is 11.9. The van der Waals surface area contributed by atoms with Crippen molar-refractivity contribution in [2.45, 2.75) is 39.5 Å². The summed E-state index contributed by atoms with van der Waals surface area (Å²) in [4.78, 5) is 0. The van der Waals surface area contributed by atoms with Gasteiger partial charge in [-0.25, -0.2) is 0 Å². The van der Waals surface area contributed by atoms with Gasteiger partial charge in [0.25, 0.3) is 0 Å². The van der Waals surface area contributed by atoms with Gasteiger partial charge < -0.3 is 15.0 Å². The summed E-state index contributed by atoms with van der Waals surface area (Å²) in [6.45, 7) is 3.72. The molecule has 0 saturated heterocycles. The fourth-order valence-electron chi connectivity index (χ4n) is 1.64. The number of hydrogen-bond acceptors (Lipinski definition) is 4. The number of nitrogens with zero attached hydrogens (tertiary/aromatic N) is 3. The fraction of sp³-hybridized carbons (Fsp3) is 0.818. The molecule has 0 bridgehead atoms. The van der Waals surface area contributed by atoms with Crippen LogP contribution in [-0.2, 0) is 24.2 Å². The van der Waals surface area contributed by atoms with Crippen LogP contribution in [0, 0.1) is 5.92 Å². The zero-order valence-electron chi connectivity index (χ0n) is 11.1. The van der Waals surface area contributed by atoms with Gasteiger partial charge in [0.2, 0.25) is 0 Å². The second kappa shape index (κ2) is 6.85. The van der Waals surface area contributed by atoms with Gasteiger partial charge >= 0.3 is 6.18 Å². The predicted molar refractivity (Wildman–Crippen MR) is 63.3 cm³/mol. The first-order valence-electron chi connectivity index (χ1n) is 6.09. The van der Waals surface area contributed by atoms with Crippen molar-refractivity contribution in [3.8, 4) is 0 Å². The summed E-state index contributed by atoms with van der Waals surface area (Å²) in [5.41, 5.74) is 5.55. The van der Waals surface area contributed by atoms with Crippen LogP contribution in [0.3, 0.4) is 0 Å². The van der Waals surface area contributed by atoms with E-state index in [1.54, 1.807) is 0 Å². The average Bonchev–Trinajstić information content (AvgIpc) is 2.65. The fourth-order valence-corrected chi connectivity index (χ4v) is 1.64. The van der Waals surface area contributed by atoms with Crippen LogP contribution in [0.1, 0.15) is 25.5 Å². The lowest BCUT2D eigenvalue weighted by Gasteiger charge is -2.12. The van der Waals surface area contributed by atoms with Crippen LogP contribution >= 0.6 is 0 Å². The zero-order valence-corrected chi connectivity index (χ0v) is 11.1. The zero-order chi connectivity index (χ0) is 14.5. The SMILES string of the molecule is CC(C)Cn1c(CN)nnc1CCOCC(F)(F)F. The van der Waals surface area contributed by atoms with Gasteiger partial charge in [-0.2, -0.15) is 13.2 Å². The summed E-state index contributed by atoms with van der Waals surface area (Å²) in [6.07, 6.45) is -4.01. The number of halogens is 3. The van der Waals surface area contributed by atoms with E-state index in [1.165, 1.54) is 0 Å². The molecule has 0 aliphatic carbocycles. The van der Waals surface area contributed by atoms with Crippen LogP contribution in [0.15, 0.2) is 0 Å². The molecular formula is C11H19F3N4O. The van der Waals surface area contributed by atoms with Crippen molar-refractivity contribution in [1.29, 1.82) is 0 Å². The van der Waals surface area contributed by atoms with Crippen LogP contribution < -0.4 is 5.73 Å². The largest absolute Gasteiger partial charge is 0.411 e. The average molecular weight is 280 g/mol. The quantitative estimate of drug-likeness (QED) is 0.769. The molecule has 0 radical (unpaired) electrons. The minimum Gasteiger partial charge on any atom is -0.372 e. The molecule has 0 unspecified atom stereocenters. The first kappa shape index (κ1) is 15.9. The van der Waals surface area contributed by atoms with E-state index in [9.17, 15) is 13.2 Å². The Hall–Kier alpha value is -1.15. The van der Waals surface area contributed by atoms with E-state index < -0.39 is 12.8 Å². The second-order valence-corrected chi connectivity index (χ2v) is 4.66. The van der Waals surface area contributed by atoms with E-state index in [4.69, 9.17) is 5.73 Å². The third-order valence-corrected chi connectivity index (χ3v) is 2.37. The van der Waals surface area contributed by atoms with Crippen LogP contribution in [0.5, 0.6) is 0 Å². The third-order valence-electron chi connectivity index (χ3n) is 2.37. The van der Waals surface area contributed by atoms with Gasteiger partial charge in [0.1, 0.15) is 18.3 Å². The number of alkyl halides is 3. The topological polar surface area (TPSA) is 66.0 Å². The van der Waals surface area contributed by atoms with E-state index in [1.807, 2.05) is 18.4 Å². The number of aromatic nitrogens is 3. The molecule has 0 saturated carbocycles. The molecule has 1 aromatic rings. The Labute approximate surface area is 109 Å². The Kier molecular flexibility index (Phi) is 5.74. The smallest absolute Gasteiger partial charge is 0.372 e. The molecule has 5 nitrogen and oxygen atoms in total. The molecule has 110 valence electrons. The van der Waals surface area contributed by atoms with Crippen LogP contribution in [0.2, 0.25) is 0 Å². The Morgan fingerprint density at radius 3 is 2.42 bits per heavy atom. The van der Waals surface area contributed by atoms with Crippen LogP contribution in [0.4, 0.5) is 13.2 Å². The number of rotatable bonds is 7. The highest BCUT2D eigenvalue weighted by Crippen LogP contribution is 2.14. The Balaban J connectivity index is 2.55. The molecule has 0 fully saturated rings. The highest BCUT2D eigenvalue weighted by Gasteiger charge is 2.27. The van der Waals surface area contributed by atoms with Gasteiger partial charge in [-0.15, -0.1) is 10.2 Å². The summed E-state index contributed by atoms with van der Waals surface area (Å²) < 4.78 is 42.2. The summed E-state index contributed by atoms with van der Waals surface area (Å²) in [6, 6.07) is 0. The van der Waals surface area contributed by atoms with Crippen molar-refractivity contribution >= 4 is 0 Å². The first-order chi connectivity index (χ1) is 8.83. The molecule has 2 N–H and O–H groups in total. The summed E-state index contributed by atoms with van der Waals surface area (Å²) >= 11 is 0. The molecule has 0 aliphatic rings. The lowest BCUT2D eigenvalue weighted by Crippen LogP contribution is -2.19. The number of nitrogens with two attached hydrogens (primary N) is 1. The van der Waals surface area contributed by atoms with Crippen LogP contribution in [0.25, 0.3) is 0 Å². The molecule has 1 heterocycles. The van der Waals surface area contributed by atoms with Crippen LogP contribution in [-0.4, -0.2) is 34.2 Å². The summed E-state index contributed by atoms with van der Waals surface area (Å²) in [5.74, 6) is 1.62. The van der Waals surface area contributed by atoms with Crippen molar-refractivity contribution < 1.29 is 17.9 Å². The van der Waals surface area contributed by atoms with Gasteiger partial charge in [0, 0.05) is 13.0 Å². The van der Waals surface area contributed by atoms with Gasteiger partial charge in [-0.3, -0.25) is 0 Å². The van der Waals surface area contributed by atoms with E-state index >= 15 is 0 Å². The minimum absolute atomic E-state index is 0.0414. The van der Waals surface area contributed by atoms with E-state index in [0.29, 0.717) is 24.1 Å². The molecule has 8 heteroatoms. The van der Waals surface area contributed by atoms with E-state index in [0.717, 1.165) is 0 Å². The maximum Gasteiger partial charge on any atom is 0.411 e. The van der Waals surface area contributed by atoms with E-state index in [-0.39, 0.29) is 19.6 Å². The van der Waals surface area contributed by atoms with Crippen molar-refractivity contribution in [2.75, 3.05) is 13.2 Å². The van der Waals surface area contributed by atoms with Gasteiger partial charge in [0.15, 0.2) is 0 Å². The van der Waals surface area contributed by atoms with Gasteiger partial charge in [-0.05, 0) is 5.92 Å². The molecule has 0 amide bonds. The summed E-state index contributed by atoms with van der Waals surface area (Å²) in [5, 5.41) is 7.87. The standard InChI is InChI=1S/C11H19F3N4O/c1-8(2)6-18-9(16-17-10(18)5-15)3-4-19-7-11(12,13)14/h8H,3-7,15H2,1-2H3. The second-order valence-electron chi connectivity index (χ2n) is 4.66. The predicted octanol–water partition coefficient (Wildman–Crippen LogP) is 1.51. The van der Waals surface area contributed by atoms with Crippen molar-refractivity contribution in [1.82, 2.24) is 14.8 Å². The number of hydrogen-bond donors (Lipinski definition) is 1. The van der Waals surface area contributed by atoms with Crippen molar-refractivity contribution in [3.05, 3.63) is 11.6 Å². The molecule has 1 aromatic heterocycles. The van der Waals surface area contributed by atoms with Crippen molar-refractivity contribution in [2.24, 2.45) is 11.7 Å².